The second kappa shape index (κ2) is 8.75. The number of halogens is 4. The number of carbonyl (C=O) groups is 1. The number of alkyl halides is 3. The van der Waals surface area contributed by atoms with Gasteiger partial charge in [-0.2, -0.15) is 17.5 Å². The van der Waals surface area contributed by atoms with Crippen molar-refractivity contribution >= 4 is 33.6 Å². The zero-order valence-corrected chi connectivity index (χ0v) is 17.1. The fourth-order valence-electron chi connectivity index (χ4n) is 2.93. The molecular weight excluding hydrogens is 443 g/mol. The van der Waals surface area contributed by atoms with Gasteiger partial charge in [0.25, 0.3) is 0 Å². The normalized spacial score (nSPS) is 16.2. The SMILES string of the molecule is O=C(C=Cc1cccnc1)N1CCN(S(=O)(=O)c2ccc(Cl)c(C(F)(F)F)c2)CC1. The molecule has 1 aliphatic heterocycles. The summed E-state index contributed by atoms with van der Waals surface area (Å²) in [4.78, 5) is 17.2. The van der Waals surface area contributed by atoms with Gasteiger partial charge in [0.05, 0.1) is 15.5 Å². The van der Waals surface area contributed by atoms with Crippen molar-refractivity contribution in [3.05, 3.63) is 65.0 Å². The maximum atomic E-state index is 13.0. The lowest BCUT2D eigenvalue weighted by atomic mass is 10.2. The van der Waals surface area contributed by atoms with Crippen molar-refractivity contribution in [3.63, 3.8) is 0 Å². The highest BCUT2D eigenvalue weighted by molar-refractivity contribution is 7.89. The Balaban J connectivity index is 1.68. The van der Waals surface area contributed by atoms with Crippen LogP contribution in [0.5, 0.6) is 0 Å². The molecule has 3 rings (SSSR count). The molecule has 160 valence electrons. The van der Waals surface area contributed by atoms with Crippen molar-refractivity contribution in [3.8, 4) is 0 Å². The molecule has 1 fully saturated rings. The molecule has 2 aromatic rings. The van der Waals surface area contributed by atoms with Crippen LogP contribution in [0.2, 0.25) is 5.02 Å². The van der Waals surface area contributed by atoms with Crippen LogP contribution in [-0.2, 0) is 21.0 Å². The third kappa shape index (κ3) is 5.00. The van der Waals surface area contributed by atoms with E-state index in [0.717, 1.165) is 22.0 Å². The number of benzene rings is 1. The van der Waals surface area contributed by atoms with Crippen molar-refractivity contribution in [1.82, 2.24) is 14.2 Å². The Morgan fingerprint density at radius 2 is 1.83 bits per heavy atom. The first kappa shape index (κ1) is 22.3. The minimum absolute atomic E-state index is 0.0290. The Morgan fingerprint density at radius 1 is 1.13 bits per heavy atom. The zero-order chi connectivity index (χ0) is 21.9. The smallest absolute Gasteiger partial charge is 0.337 e. The number of sulfonamides is 1. The van der Waals surface area contributed by atoms with Gasteiger partial charge in [-0.05, 0) is 35.9 Å². The molecule has 0 spiro atoms. The van der Waals surface area contributed by atoms with E-state index in [-0.39, 0.29) is 32.1 Å². The second-order valence-corrected chi connectivity index (χ2v) is 8.83. The number of carbonyl (C=O) groups excluding carboxylic acids is 1. The molecule has 0 atom stereocenters. The van der Waals surface area contributed by atoms with Crippen LogP contribution in [0, 0.1) is 0 Å². The van der Waals surface area contributed by atoms with E-state index >= 15 is 0 Å². The molecule has 0 N–H and O–H groups in total. The van der Waals surface area contributed by atoms with E-state index in [1.54, 1.807) is 30.6 Å². The summed E-state index contributed by atoms with van der Waals surface area (Å²) >= 11 is 5.56. The molecule has 0 aliphatic carbocycles. The molecule has 30 heavy (non-hydrogen) atoms. The average molecular weight is 460 g/mol. The highest BCUT2D eigenvalue weighted by Crippen LogP contribution is 2.36. The van der Waals surface area contributed by atoms with Crippen molar-refractivity contribution < 1.29 is 26.4 Å². The highest BCUT2D eigenvalue weighted by Gasteiger charge is 2.36. The summed E-state index contributed by atoms with van der Waals surface area (Å²) < 4.78 is 65.7. The summed E-state index contributed by atoms with van der Waals surface area (Å²) in [6.07, 6.45) is 1.40. The third-order valence-corrected chi connectivity index (χ3v) is 6.76. The van der Waals surface area contributed by atoms with Crippen molar-refractivity contribution in [2.24, 2.45) is 0 Å². The van der Waals surface area contributed by atoms with E-state index in [2.05, 4.69) is 4.98 Å². The Hall–Kier alpha value is -2.43. The molecule has 0 bridgehead atoms. The van der Waals surface area contributed by atoms with E-state index < -0.39 is 31.7 Å². The number of pyridine rings is 1. The largest absolute Gasteiger partial charge is 0.417 e. The summed E-state index contributed by atoms with van der Waals surface area (Å²) in [7, 11) is -4.16. The molecule has 1 aromatic heterocycles. The van der Waals surface area contributed by atoms with Gasteiger partial charge in [-0.25, -0.2) is 8.42 Å². The molecule has 1 amide bonds. The van der Waals surface area contributed by atoms with Gasteiger partial charge in [0.1, 0.15) is 0 Å². The van der Waals surface area contributed by atoms with E-state index in [4.69, 9.17) is 11.6 Å². The summed E-state index contributed by atoms with van der Waals surface area (Å²) in [5.74, 6) is -0.290. The minimum atomic E-state index is -4.77. The van der Waals surface area contributed by atoms with Crippen molar-refractivity contribution in [1.29, 1.82) is 0 Å². The van der Waals surface area contributed by atoms with E-state index in [0.29, 0.717) is 6.07 Å². The number of amides is 1. The van der Waals surface area contributed by atoms with Crippen LogP contribution in [0.15, 0.2) is 53.7 Å². The molecular formula is C19H17ClF3N3O3S. The number of rotatable bonds is 4. The predicted molar refractivity (Wildman–Crippen MR) is 105 cm³/mol. The lowest BCUT2D eigenvalue weighted by Crippen LogP contribution is -2.50. The minimum Gasteiger partial charge on any atom is -0.337 e. The van der Waals surface area contributed by atoms with Crippen LogP contribution in [0.1, 0.15) is 11.1 Å². The molecule has 1 aliphatic rings. The van der Waals surface area contributed by atoms with E-state index in [9.17, 15) is 26.4 Å². The summed E-state index contributed by atoms with van der Waals surface area (Å²) in [5, 5.41) is -0.572. The van der Waals surface area contributed by atoms with Crippen molar-refractivity contribution in [2.75, 3.05) is 26.2 Å². The van der Waals surface area contributed by atoms with Gasteiger partial charge < -0.3 is 4.90 Å². The summed E-state index contributed by atoms with van der Waals surface area (Å²) in [6, 6.07) is 6.00. The van der Waals surface area contributed by atoms with Crippen LogP contribution < -0.4 is 0 Å². The van der Waals surface area contributed by atoms with Gasteiger partial charge in [-0.1, -0.05) is 17.7 Å². The molecule has 1 aromatic carbocycles. The Morgan fingerprint density at radius 3 is 2.43 bits per heavy atom. The molecule has 0 unspecified atom stereocenters. The van der Waals surface area contributed by atoms with Gasteiger partial charge >= 0.3 is 6.18 Å². The lowest BCUT2D eigenvalue weighted by Gasteiger charge is -2.33. The predicted octanol–water partition coefficient (Wildman–Crippen LogP) is 3.30. The third-order valence-electron chi connectivity index (χ3n) is 4.53. The fraction of sp³-hybridized carbons (Fsp3) is 0.263. The Kier molecular flexibility index (Phi) is 6.49. The molecule has 1 saturated heterocycles. The van der Waals surface area contributed by atoms with Crippen molar-refractivity contribution in [2.45, 2.75) is 11.1 Å². The van der Waals surface area contributed by atoms with Crippen LogP contribution in [0.25, 0.3) is 6.08 Å². The first-order valence-electron chi connectivity index (χ1n) is 8.83. The van der Waals surface area contributed by atoms with Gasteiger partial charge in [0.15, 0.2) is 0 Å². The van der Waals surface area contributed by atoms with Gasteiger partial charge in [-0.15, -0.1) is 0 Å². The van der Waals surface area contributed by atoms with E-state index in [1.165, 1.54) is 11.0 Å². The van der Waals surface area contributed by atoms with Crippen LogP contribution in [-0.4, -0.2) is 54.7 Å². The van der Waals surface area contributed by atoms with Gasteiger partial charge in [0.2, 0.25) is 15.9 Å². The molecule has 2 heterocycles. The number of hydrogen-bond donors (Lipinski definition) is 0. The van der Waals surface area contributed by atoms with Crippen LogP contribution >= 0.6 is 11.6 Å². The highest BCUT2D eigenvalue weighted by atomic mass is 35.5. The fourth-order valence-corrected chi connectivity index (χ4v) is 4.60. The standard InChI is InChI=1S/C19H17ClF3N3O3S/c20-17-5-4-15(12-16(17)19(21,22)23)30(28,29)26-10-8-25(9-11-26)18(27)6-3-14-2-1-7-24-13-14/h1-7,12-13H,8-11H2. The topological polar surface area (TPSA) is 70.6 Å². The second-order valence-electron chi connectivity index (χ2n) is 6.49. The maximum Gasteiger partial charge on any atom is 0.417 e. The van der Waals surface area contributed by atoms with Gasteiger partial charge in [0, 0.05) is 44.6 Å². The first-order chi connectivity index (χ1) is 14.1. The summed E-state index contributed by atoms with van der Waals surface area (Å²) in [5.41, 5.74) is -0.463. The summed E-state index contributed by atoms with van der Waals surface area (Å²) in [6.45, 7) is 0.182. The molecule has 6 nitrogen and oxygen atoms in total. The number of aromatic nitrogens is 1. The monoisotopic (exact) mass is 459 g/mol. The zero-order valence-electron chi connectivity index (χ0n) is 15.5. The number of piperazine rings is 1. The molecule has 0 radical (unpaired) electrons. The number of nitrogens with zero attached hydrogens (tertiary/aromatic N) is 3. The quantitative estimate of drug-likeness (QED) is 0.658. The first-order valence-corrected chi connectivity index (χ1v) is 10.6. The Bertz CT molecular complexity index is 1050. The average Bonchev–Trinajstić information content (AvgIpc) is 2.72. The number of hydrogen-bond acceptors (Lipinski definition) is 4. The van der Waals surface area contributed by atoms with Crippen LogP contribution in [0.4, 0.5) is 13.2 Å². The molecule has 11 heteroatoms. The van der Waals surface area contributed by atoms with Gasteiger partial charge in [-0.3, -0.25) is 9.78 Å². The lowest BCUT2D eigenvalue weighted by molar-refractivity contribution is -0.137. The Labute approximate surface area is 176 Å². The van der Waals surface area contributed by atoms with E-state index in [1.807, 2.05) is 0 Å². The van der Waals surface area contributed by atoms with Crippen LogP contribution in [0.3, 0.4) is 0 Å². The molecule has 0 saturated carbocycles. The maximum absolute atomic E-state index is 13.0.